The molecule has 2 N–H and O–H groups in total. The molecule has 0 radical (unpaired) electrons. The van der Waals surface area contributed by atoms with Crippen LogP contribution in [-0.2, 0) is 20.0 Å². The van der Waals surface area contributed by atoms with Gasteiger partial charge < -0.3 is 0 Å². The van der Waals surface area contributed by atoms with Crippen LogP contribution in [0.1, 0.15) is 12.8 Å². The van der Waals surface area contributed by atoms with E-state index in [2.05, 4.69) is 9.44 Å². The van der Waals surface area contributed by atoms with Crippen LogP contribution in [0.15, 0.2) is 58.3 Å². The van der Waals surface area contributed by atoms with Crippen LogP contribution >= 0.6 is 11.6 Å². The summed E-state index contributed by atoms with van der Waals surface area (Å²) in [5.74, 6) is 0. The number of anilines is 1. The Morgan fingerprint density at radius 3 is 1.79 bits per heavy atom. The van der Waals surface area contributed by atoms with E-state index >= 15 is 0 Å². The summed E-state index contributed by atoms with van der Waals surface area (Å²) in [4.78, 5) is 0.0164. The minimum Gasteiger partial charge on any atom is -0.280 e. The Morgan fingerprint density at radius 2 is 1.29 bits per heavy atom. The highest BCUT2D eigenvalue weighted by Crippen LogP contribution is 2.23. The van der Waals surface area contributed by atoms with Gasteiger partial charge in [-0.15, -0.1) is 0 Å². The van der Waals surface area contributed by atoms with Crippen molar-refractivity contribution in [2.75, 3.05) is 4.72 Å². The van der Waals surface area contributed by atoms with Crippen LogP contribution in [0, 0.1) is 0 Å². The zero-order valence-electron chi connectivity index (χ0n) is 12.4. The standard InChI is InChI=1S/C15H15ClN2O4S2/c16-11-1-3-12(4-2-11)17-23(19,20)14-7-9-15(10-8-14)24(21,22)18-13-5-6-13/h1-4,7-10,13,17-18H,5-6H2. The fourth-order valence-corrected chi connectivity index (χ4v) is 4.51. The fourth-order valence-electron chi connectivity index (χ4n) is 2.02. The van der Waals surface area contributed by atoms with Crippen LogP contribution in [0.25, 0.3) is 0 Å². The number of rotatable bonds is 6. The maximum absolute atomic E-state index is 12.3. The Kier molecular flexibility index (Phi) is 4.56. The second-order valence-electron chi connectivity index (χ2n) is 5.48. The molecule has 0 heterocycles. The van der Waals surface area contributed by atoms with Crippen molar-refractivity contribution in [1.82, 2.24) is 4.72 Å². The molecule has 3 rings (SSSR count). The summed E-state index contributed by atoms with van der Waals surface area (Å²) in [7, 11) is -7.41. The molecule has 0 spiro atoms. The van der Waals surface area contributed by atoms with Crippen molar-refractivity contribution in [2.45, 2.75) is 28.7 Å². The molecule has 0 aliphatic heterocycles. The van der Waals surface area contributed by atoms with Gasteiger partial charge in [-0.2, -0.15) is 0 Å². The van der Waals surface area contributed by atoms with E-state index in [9.17, 15) is 16.8 Å². The van der Waals surface area contributed by atoms with Crippen molar-refractivity contribution < 1.29 is 16.8 Å². The summed E-state index contributed by atoms with van der Waals surface area (Å²) in [6, 6.07) is 11.3. The zero-order chi connectivity index (χ0) is 17.4. The molecule has 2 aromatic carbocycles. The summed E-state index contributed by atoms with van der Waals surface area (Å²) in [6.45, 7) is 0. The lowest BCUT2D eigenvalue weighted by Gasteiger charge is -2.09. The number of benzene rings is 2. The van der Waals surface area contributed by atoms with Crippen molar-refractivity contribution in [3.8, 4) is 0 Å². The van der Waals surface area contributed by atoms with E-state index in [1.807, 2.05) is 0 Å². The molecule has 0 atom stereocenters. The lowest BCUT2D eigenvalue weighted by Crippen LogP contribution is -2.25. The zero-order valence-corrected chi connectivity index (χ0v) is 14.8. The molecule has 1 fully saturated rings. The van der Waals surface area contributed by atoms with E-state index in [-0.39, 0.29) is 15.8 Å². The van der Waals surface area contributed by atoms with Crippen LogP contribution in [0.5, 0.6) is 0 Å². The summed E-state index contributed by atoms with van der Waals surface area (Å²) >= 11 is 5.76. The van der Waals surface area contributed by atoms with Gasteiger partial charge in [0.2, 0.25) is 10.0 Å². The predicted octanol–water partition coefficient (Wildman–Crippen LogP) is 2.58. The van der Waals surface area contributed by atoms with Gasteiger partial charge in [0.1, 0.15) is 0 Å². The molecule has 128 valence electrons. The number of hydrogen-bond acceptors (Lipinski definition) is 4. The molecule has 1 saturated carbocycles. The summed E-state index contributed by atoms with van der Waals surface area (Å²) in [6.07, 6.45) is 1.66. The van der Waals surface area contributed by atoms with Gasteiger partial charge in [0.15, 0.2) is 0 Å². The summed E-state index contributed by atoms with van der Waals surface area (Å²) in [5, 5.41) is 0.496. The highest BCUT2D eigenvalue weighted by Gasteiger charge is 2.28. The average molecular weight is 387 g/mol. The van der Waals surface area contributed by atoms with Gasteiger partial charge in [0.25, 0.3) is 10.0 Å². The number of sulfonamides is 2. The van der Waals surface area contributed by atoms with Gasteiger partial charge in [-0.25, -0.2) is 21.6 Å². The van der Waals surface area contributed by atoms with E-state index in [0.717, 1.165) is 12.8 Å². The van der Waals surface area contributed by atoms with Gasteiger partial charge in [-0.3, -0.25) is 4.72 Å². The van der Waals surface area contributed by atoms with Crippen LogP contribution < -0.4 is 9.44 Å². The van der Waals surface area contributed by atoms with E-state index in [1.54, 1.807) is 12.1 Å². The molecular weight excluding hydrogens is 372 g/mol. The molecule has 0 aromatic heterocycles. The molecular formula is C15H15ClN2O4S2. The van der Waals surface area contributed by atoms with E-state index in [0.29, 0.717) is 10.7 Å². The highest BCUT2D eigenvalue weighted by molar-refractivity contribution is 7.92. The lowest BCUT2D eigenvalue weighted by molar-refractivity contribution is 0.580. The molecule has 0 saturated heterocycles. The first-order chi connectivity index (χ1) is 11.3. The second kappa shape index (κ2) is 6.36. The van der Waals surface area contributed by atoms with Gasteiger partial charge in [-0.05, 0) is 61.4 Å². The largest absolute Gasteiger partial charge is 0.280 e. The van der Waals surface area contributed by atoms with Crippen molar-refractivity contribution >= 4 is 37.3 Å². The normalized spacial score (nSPS) is 15.2. The van der Waals surface area contributed by atoms with Crippen molar-refractivity contribution in [3.05, 3.63) is 53.6 Å². The van der Waals surface area contributed by atoms with Gasteiger partial charge in [0, 0.05) is 16.8 Å². The fraction of sp³-hybridized carbons (Fsp3) is 0.200. The van der Waals surface area contributed by atoms with Crippen molar-refractivity contribution in [3.63, 3.8) is 0 Å². The minimum absolute atomic E-state index is 0.00928. The Balaban J connectivity index is 1.80. The first-order valence-corrected chi connectivity index (χ1v) is 10.5. The Labute approximate surface area is 146 Å². The molecule has 0 bridgehead atoms. The second-order valence-corrected chi connectivity index (χ2v) is 9.31. The third-order valence-electron chi connectivity index (χ3n) is 3.44. The quantitative estimate of drug-likeness (QED) is 0.798. The third-order valence-corrected chi connectivity index (χ3v) is 6.63. The Hall–Kier alpha value is -1.61. The van der Waals surface area contributed by atoms with E-state index in [1.165, 1.54) is 36.4 Å². The maximum atomic E-state index is 12.3. The van der Waals surface area contributed by atoms with E-state index in [4.69, 9.17) is 11.6 Å². The molecule has 24 heavy (non-hydrogen) atoms. The van der Waals surface area contributed by atoms with Crippen molar-refractivity contribution in [2.24, 2.45) is 0 Å². The van der Waals surface area contributed by atoms with Gasteiger partial charge in [-0.1, -0.05) is 11.6 Å². The highest BCUT2D eigenvalue weighted by atomic mass is 35.5. The smallest absolute Gasteiger partial charge is 0.261 e. The molecule has 2 aromatic rings. The van der Waals surface area contributed by atoms with Crippen LogP contribution in [0.2, 0.25) is 5.02 Å². The summed E-state index contributed by atoms with van der Waals surface area (Å²) in [5.41, 5.74) is 0.367. The van der Waals surface area contributed by atoms with E-state index < -0.39 is 20.0 Å². The minimum atomic E-state index is -3.81. The van der Waals surface area contributed by atoms with Crippen LogP contribution in [-0.4, -0.2) is 22.9 Å². The molecule has 9 heteroatoms. The Morgan fingerprint density at radius 1 is 0.792 bits per heavy atom. The van der Waals surface area contributed by atoms with Gasteiger partial charge in [0.05, 0.1) is 9.79 Å². The predicted molar refractivity (Wildman–Crippen MR) is 92.0 cm³/mol. The van der Waals surface area contributed by atoms with Crippen LogP contribution in [0.3, 0.4) is 0 Å². The maximum Gasteiger partial charge on any atom is 0.261 e. The van der Waals surface area contributed by atoms with Crippen molar-refractivity contribution in [1.29, 1.82) is 0 Å². The summed E-state index contributed by atoms with van der Waals surface area (Å²) < 4.78 is 53.8. The molecule has 1 aliphatic carbocycles. The Bertz CT molecular complexity index is 936. The molecule has 0 unspecified atom stereocenters. The number of nitrogens with one attached hydrogen (secondary N) is 2. The van der Waals surface area contributed by atoms with Gasteiger partial charge >= 0.3 is 0 Å². The third kappa shape index (κ3) is 4.07. The lowest BCUT2D eigenvalue weighted by atomic mass is 10.3. The number of halogens is 1. The monoisotopic (exact) mass is 386 g/mol. The average Bonchev–Trinajstić information content (AvgIpc) is 3.33. The first-order valence-electron chi connectivity index (χ1n) is 7.17. The van der Waals surface area contributed by atoms with Crippen LogP contribution in [0.4, 0.5) is 5.69 Å². The molecule has 6 nitrogen and oxygen atoms in total. The number of hydrogen-bond donors (Lipinski definition) is 2. The first kappa shape index (κ1) is 17.2. The SMILES string of the molecule is O=S(=O)(Nc1ccc(Cl)cc1)c1ccc(S(=O)(=O)NC2CC2)cc1. The molecule has 0 amide bonds. The molecule has 1 aliphatic rings. The topological polar surface area (TPSA) is 92.3 Å².